The second-order valence-corrected chi connectivity index (χ2v) is 1.95. The third-order valence-corrected chi connectivity index (χ3v) is 1.20. The molecule has 0 aliphatic carbocycles. The maximum absolute atomic E-state index is 9.15. The summed E-state index contributed by atoms with van der Waals surface area (Å²) in [4.78, 5) is 3.78. The van der Waals surface area contributed by atoms with Crippen LogP contribution in [0, 0.1) is 0 Å². The number of hydrogen-bond acceptors (Lipinski definition) is 2. The van der Waals surface area contributed by atoms with Gasteiger partial charge in [0.25, 0.3) is 0 Å². The minimum atomic E-state index is 0. The fourth-order valence-corrected chi connectivity index (χ4v) is 0.736. The van der Waals surface area contributed by atoms with Gasteiger partial charge in [-0.3, -0.25) is 4.99 Å². The zero-order valence-electron chi connectivity index (χ0n) is 6.49. The second kappa shape index (κ2) is 5.03. The van der Waals surface area contributed by atoms with Gasteiger partial charge in [0.2, 0.25) is 0 Å². The normalized spacial score (nSPS) is 9.55. The molecule has 0 spiro atoms. The molecule has 1 rings (SSSR count). The van der Waals surface area contributed by atoms with E-state index in [0.29, 0.717) is 0 Å². The number of rotatable bonds is 1. The van der Waals surface area contributed by atoms with Gasteiger partial charge in [0.05, 0.1) is 0 Å². The van der Waals surface area contributed by atoms with Crippen molar-refractivity contribution >= 4 is 6.21 Å². The Bertz CT molecular complexity index is 248. The van der Waals surface area contributed by atoms with Crippen LogP contribution in [0.1, 0.15) is 5.56 Å². The molecule has 0 aromatic heterocycles. The van der Waals surface area contributed by atoms with Crippen LogP contribution < -0.4 is 0 Å². The van der Waals surface area contributed by atoms with Gasteiger partial charge in [0.1, 0.15) is 5.75 Å². The van der Waals surface area contributed by atoms with Crippen LogP contribution in [-0.4, -0.2) is 18.4 Å². The first-order valence-corrected chi connectivity index (χ1v) is 3.05. The van der Waals surface area contributed by atoms with Crippen LogP contribution in [0.25, 0.3) is 0 Å². The van der Waals surface area contributed by atoms with Crippen molar-refractivity contribution in [1.29, 1.82) is 0 Å². The van der Waals surface area contributed by atoms with Gasteiger partial charge in [-0.05, 0) is 12.1 Å². The van der Waals surface area contributed by atoms with E-state index >= 15 is 0 Å². The Morgan fingerprint density at radius 3 is 2.55 bits per heavy atom. The zero-order valence-corrected chi connectivity index (χ0v) is 9.46. The molecule has 3 heteroatoms. The van der Waals surface area contributed by atoms with Gasteiger partial charge in [-0.15, -0.1) is 0 Å². The molecule has 0 aliphatic heterocycles. The smallest absolute Gasteiger partial charge is 0.507 e. The van der Waals surface area contributed by atoms with Crippen LogP contribution in [0.15, 0.2) is 29.3 Å². The first-order valence-electron chi connectivity index (χ1n) is 3.05. The number of phenols is 1. The predicted molar refractivity (Wildman–Crippen MR) is 41.6 cm³/mol. The summed E-state index contributed by atoms with van der Waals surface area (Å²) in [6.07, 6.45) is 1.62. The van der Waals surface area contributed by atoms with Crippen LogP contribution in [0.5, 0.6) is 5.75 Å². The van der Waals surface area contributed by atoms with Crippen LogP contribution in [-0.2, 0) is 19.5 Å². The number of aliphatic imine (C=N–C) groups is 1. The zero-order chi connectivity index (χ0) is 7.40. The first-order chi connectivity index (χ1) is 4.84. The van der Waals surface area contributed by atoms with E-state index in [1.165, 1.54) is 0 Å². The van der Waals surface area contributed by atoms with Gasteiger partial charge in [-0.25, -0.2) is 0 Å². The minimum absolute atomic E-state index is 0. The van der Waals surface area contributed by atoms with E-state index < -0.39 is 0 Å². The van der Waals surface area contributed by atoms with E-state index in [2.05, 4.69) is 4.99 Å². The monoisotopic (exact) mass is 199 g/mol. The van der Waals surface area contributed by atoms with Crippen LogP contribution in [0.3, 0.4) is 0 Å². The molecule has 0 aliphatic rings. The maximum Gasteiger partial charge on any atom is 2.00 e. The predicted octanol–water partition coefficient (Wildman–Crippen LogP) is 1.44. The summed E-state index contributed by atoms with van der Waals surface area (Å²) in [5, 5.41) is 9.15. The Balaban J connectivity index is 0.000001000. The third-order valence-electron chi connectivity index (χ3n) is 1.20. The number of nitrogens with zero attached hydrogens (tertiary/aromatic N) is 1. The summed E-state index contributed by atoms with van der Waals surface area (Å²) < 4.78 is 0. The van der Waals surface area contributed by atoms with Crippen molar-refractivity contribution < 1.29 is 24.6 Å². The van der Waals surface area contributed by atoms with Crippen molar-refractivity contribution in [3.63, 3.8) is 0 Å². The molecule has 0 heterocycles. The van der Waals surface area contributed by atoms with Gasteiger partial charge >= 0.3 is 19.5 Å². The summed E-state index contributed by atoms with van der Waals surface area (Å²) in [5.74, 6) is 0.271. The Morgan fingerprint density at radius 2 is 2.00 bits per heavy atom. The summed E-state index contributed by atoms with van der Waals surface area (Å²) in [5.41, 5.74) is 0.755. The summed E-state index contributed by atoms with van der Waals surface area (Å²) in [7, 11) is 1.67. The van der Waals surface area contributed by atoms with Crippen molar-refractivity contribution in [2.75, 3.05) is 7.05 Å². The topological polar surface area (TPSA) is 32.6 Å². The standard InChI is InChI=1S/C8H9NO.Zn/c1-9-6-7-4-2-3-5-8(7)10;/h2-6,10H,1H3;/q;+2. The SMILES string of the molecule is CN=Cc1ccccc1O.[Zn+2]. The molecule has 0 fully saturated rings. The summed E-state index contributed by atoms with van der Waals surface area (Å²) in [6, 6.07) is 7.08. The largest absolute Gasteiger partial charge is 2.00 e. The maximum atomic E-state index is 9.15. The molecule has 1 aromatic carbocycles. The minimum Gasteiger partial charge on any atom is -0.507 e. The first kappa shape index (κ1) is 10.3. The quantitative estimate of drug-likeness (QED) is 0.540. The molecule has 2 nitrogen and oxygen atoms in total. The van der Waals surface area contributed by atoms with Crippen molar-refractivity contribution in [2.24, 2.45) is 4.99 Å². The Hall–Kier alpha value is -0.687. The van der Waals surface area contributed by atoms with Gasteiger partial charge in [0.15, 0.2) is 0 Å². The molecule has 11 heavy (non-hydrogen) atoms. The van der Waals surface area contributed by atoms with Gasteiger partial charge in [0, 0.05) is 18.8 Å². The van der Waals surface area contributed by atoms with E-state index in [9.17, 15) is 0 Å². The van der Waals surface area contributed by atoms with Gasteiger partial charge in [-0.2, -0.15) is 0 Å². The molecular weight excluding hydrogens is 191 g/mol. The molecule has 52 valence electrons. The van der Waals surface area contributed by atoms with Crippen molar-refractivity contribution in [3.05, 3.63) is 29.8 Å². The molecule has 0 saturated carbocycles. The molecule has 0 bridgehead atoms. The van der Waals surface area contributed by atoms with Crippen molar-refractivity contribution in [2.45, 2.75) is 0 Å². The molecule has 1 N–H and O–H groups in total. The van der Waals surface area contributed by atoms with Crippen LogP contribution in [0.2, 0.25) is 0 Å². The molecule has 0 saturated heterocycles. The van der Waals surface area contributed by atoms with E-state index in [0.717, 1.165) is 5.56 Å². The van der Waals surface area contributed by atoms with E-state index in [1.54, 1.807) is 25.4 Å². The van der Waals surface area contributed by atoms with Crippen LogP contribution in [0.4, 0.5) is 0 Å². The average molecular weight is 201 g/mol. The molecule has 0 atom stereocenters. The van der Waals surface area contributed by atoms with Crippen molar-refractivity contribution in [1.82, 2.24) is 0 Å². The van der Waals surface area contributed by atoms with Crippen LogP contribution >= 0.6 is 0 Å². The number of hydrogen-bond donors (Lipinski definition) is 1. The fourth-order valence-electron chi connectivity index (χ4n) is 0.736. The second-order valence-electron chi connectivity index (χ2n) is 1.95. The summed E-state index contributed by atoms with van der Waals surface area (Å²) in [6.45, 7) is 0. The molecule has 1 aromatic rings. The molecule has 0 amide bonds. The number of phenolic OH excluding ortho intramolecular Hbond substituents is 1. The fraction of sp³-hybridized carbons (Fsp3) is 0.125. The molecular formula is C8H9NOZn+2. The Labute approximate surface area is 78.7 Å². The number of benzene rings is 1. The van der Waals surface area contributed by atoms with Gasteiger partial charge < -0.3 is 5.11 Å². The number of para-hydroxylation sites is 1. The summed E-state index contributed by atoms with van der Waals surface area (Å²) >= 11 is 0. The Morgan fingerprint density at radius 1 is 1.36 bits per heavy atom. The average Bonchev–Trinajstić information content (AvgIpc) is 1.94. The van der Waals surface area contributed by atoms with E-state index in [4.69, 9.17) is 5.11 Å². The van der Waals surface area contributed by atoms with E-state index in [-0.39, 0.29) is 25.2 Å². The van der Waals surface area contributed by atoms with Gasteiger partial charge in [-0.1, -0.05) is 12.1 Å². The Kier molecular flexibility index (Phi) is 4.72. The number of aromatic hydroxyl groups is 1. The molecule has 0 radical (unpaired) electrons. The third kappa shape index (κ3) is 2.81. The van der Waals surface area contributed by atoms with Crippen molar-refractivity contribution in [3.8, 4) is 5.75 Å². The van der Waals surface area contributed by atoms with E-state index in [1.807, 2.05) is 12.1 Å². The molecule has 0 unspecified atom stereocenters.